The molecule has 3 N–H and O–H groups in total. The van der Waals surface area contributed by atoms with Crippen LogP contribution >= 0.6 is 0 Å². The molecule has 0 unspecified atom stereocenters. The zero-order valence-electron chi connectivity index (χ0n) is 25.5. The average molecular weight is 609 g/mol. The molecule has 2 fully saturated rings. The van der Waals surface area contributed by atoms with Gasteiger partial charge in [0.2, 0.25) is 0 Å². The van der Waals surface area contributed by atoms with Gasteiger partial charge in [0, 0.05) is 68.6 Å². The molecule has 0 spiro atoms. The van der Waals surface area contributed by atoms with E-state index in [-0.39, 0.29) is 35.3 Å². The van der Waals surface area contributed by atoms with Crippen LogP contribution in [0.5, 0.6) is 0 Å². The molecule has 2 aliphatic rings. The highest BCUT2D eigenvalue weighted by atomic mass is 16.7. The highest BCUT2D eigenvalue weighted by molar-refractivity contribution is 5.67. The van der Waals surface area contributed by atoms with Crippen LogP contribution in [-0.4, -0.2) is 53.8 Å². The van der Waals surface area contributed by atoms with E-state index in [2.05, 4.69) is 53.1 Å². The maximum absolute atomic E-state index is 11.1. The molecule has 2 saturated heterocycles. The topological polar surface area (TPSA) is 114 Å². The third-order valence-electron chi connectivity index (χ3n) is 9.09. The number of piperazine rings is 1. The molecule has 0 aliphatic carbocycles. The fourth-order valence-electron chi connectivity index (χ4n) is 6.36. The molecule has 2 heterocycles. The minimum absolute atomic E-state index is 0.00119. The van der Waals surface area contributed by atoms with Crippen LogP contribution in [0.4, 0.5) is 11.4 Å². The molecule has 45 heavy (non-hydrogen) atoms. The normalized spacial score (nSPS) is 22.3. The number of ether oxygens (including phenoxy) is 2. The van der Waals surface area contributed by atoms with Gasteiger partial charge in [-0.05, 0) is 39.9 Å². The third kappa shape index (κ3) is 6.93. The van der Waals surface area contributed by atoms with Gasteiger partial charge in [0.1, 0.15) is 0 Å². The average Bonchev–Trinajstić information content (AvgIpc) is 3.09. The molecule has 234 valence electrons. The van der Waals surface area contributed by atoms with Gasteiger partial charge >= 0.3 is 0 Å². The first kappa shape index (κ1) is 30.9. The van der Waals surface area contributed by atoms with Gasteiger partial charge in [0.05, 0.1) is 23.7 Å². The Hall–Kier alpha value is -4.12. The predicted molar refractivity (Wildman–Crippen MR) is 174 cm³/mol. The summed E-state index contributed by atoms with van der Waals surface area (Å²) in [7, 11) is 0. The van der Waals surface area contributed by atoms with Crippen molar-refractivity contribution >= 4 is 11.4 Å². The van der Waals surface area contributed by atoms with Crippen LogP contribution < -0.4 is 10.6 Å². The molecular weight excluding hydrogens is 568 g/mol. The quantitative estimate of drug-likeness (QED) is 0.180. The second-order valence-electron chi connectivity index (χ2n) is 11.9. The molecule has 0 aromatic heterocycles. The van der Waals surface area contributed by atoms with Crippen LogP contribution in [-0.2, 0) is 22.6 Å². The monoisotopic (exact) mass is 608 g/mol. The Balaban J connectivity index is 1.18. The lowest BCUT2D eigenvalue weighted by Gasteiger charge is -2.44. The predicted octanol–water partition coefficient (Wildman–Crippen LogP) is 5.83. The second-order valence-corrected chi connectivity index (χ2v) is 11.9. The molecule has 0 bridgehead atoms. The number of hydrogen-bond acceptors (Lipinski definition) is 8. The smallest absolute Gasteiger partial charge is 0.269 e. The van der Waals surface area contributed by atoms with Crippen molar-refractivity contribution < 1.29 is 19.5 Å². The SMILES string of the molecule is C[C@@H]1[C@H](CN2CCN(c3ccc([N+](=O)[O-])cc3)CC2)O[C@H](c2ccc(-c3ccccc3CN)cc2)O[C@@H]1c1ccc(CO)cc1. The van der Waals surface area contributed by atoms with Gasteiger partial charge in [-0.25, -0.2) is 0 Å². The van der Waals surface area contributed by atoms with Crippen LogP contribution in [0, 0.1) is 16.0 Å². The Kier molecular flexibility index (Phi) is 9.53. The maximum Gasteiger partial charge on any atom is 0.269 e. The number of rotatable bonds is 9. The lowest BCUT2D eigenvalue weighted by atomic mass is 9.89. The molecule has 4 aromatic rings. The van der Waals surface area contributed by atoms with E-state index in [0.717, 1.165) is 71.8 Å². The van der Waals surface area contributed by atoms with E-state index in [1.54, 1.807) is 12.1 Å². The minimum Gasteiger partial charge on any atom is -0.392 e. The summed E-state index contributed by atoms with van der Waals surface area (Å²) in [6.07, 6.45) is -0.788. The van der Waals surface area contributed by atoms with Gasteiger partial charge in [-0.15, -0.1) is 0 Å². The van der Waals surface area contributed by atoms with Crippen molar-refractivity contribution in [2.24, 2.45) is 11.7 Å². The summed E-state index contributed by atoms with van der Waals surface area (Å²) in [4.78, 5) is 15.4. The number of non-ortho nitro benzene ring substituents is 1. The Morgan fingerprint density at radius 3 is 2.18 bits per heavy atom. The van der Waals surface area contributed by atoms with E-state index in [4.69, 9.17) is 15.2 Å². The molecule has 4 atom stereocenters. The molecule has 4 aromatic carbocycles. The molecule has 0 saturated carbocycles. The van der Waals surface area contributed by atoms with Crippen molar-refractivity contribution in [2.45, 2.75) is 38.6 Å². The maximum atomic E-state index is 11.1. The zero-order chi connectivity index (χ0) is 31.3. The van der Waals surface area contributed by atoms with Crippen LogP contribution in [0.25, 0.3) is 11.1 Å². The number of aliphatic hydroxyl groups excluding tert-OH is 1. The summed E-state index contributed by atoms with van der Waals surface area (Å²) >= 11 is 0. The number of hydrogen-bond donors (Lipinski definition) is 2. The number of nitro groups is 1. The highest BCUT2D eigenvalue weighted by Crippen LogP contribution is 2.42. The largest absolute Gasteiger partial charge is 0.392 e. The zero-order valence-corrected chi connectivity index (χ0v) is 25.5. The van der Waals surface area contributed by atoms with Crippen molar-refractivity contribution in [1.82, 2.24) is 4.90 Å². The van der Waals surface area contributed by atoms with Gasteiger partial charge < -0.3 is 25.2 Å². The lowest BCUT2D eigenvalue weighted by molar-refractivity contribution is -0.384. The minimum atomic E-state index is -0.533. The summed E-state index contributed by atoms with van der Waals surface area (Å²) < 4.78 is 13.4. The summed E-state index contributed by atoms with van der Waals surface area (Å²) in [5.41, 5.74) is 13.3. The Bertz CT molecular complexity index is 1570. The van der Waals surface area contributed by atoms with E-state index >= 15 is 0 Å². The summed E-state index contributed by atoms with van der Waals surface area (Å²) in [5.74, 6) is 0.0876. The molecule has 9 heteroatoms. The first-order chi connectivity index (χ1) is 21.9. The van der Waals surface area contributed by atoms with Crippen molar-refractivity contribution in [2.75, 3.05) is 37.6 Å². The Morgan fingerprint density at radius 1 is 0.867 bits per heavy atom. The van der Waals surface area contributed by atoms with Gasteiger partial charge in [0.25, 0.3) is 5.69 Å². The lowest BCUT2D eigenvalue weighted by Crippen LogP contribution is -2.51. The van der Waals surface area contributed by atoms with Crippen molar-refractivity contribution in [1.29, 1.82) is 0 Å². The van der Waals surface area contributed by atoms with Crippen LogP contribution in [0.2, 0.25) is 0 Å². The van der Waals surface area contributed by atoms with Crippen LogP contribution in [0.15, 0.2) is 97.1 Å². The number of nitro benzene ring substituents is 1. The van der Waals surface area contributed by atoms with Crippen LogP contribution in [0.1, 0.15) is 41.6 Å². The number of nitrogens with two attached hydrogens (primary N) is 1. The second kappa shape index (κ2) is 13.9. The van der Waals surface area contributed by atoms with Gasteiger partial charge in [-0.3, -0.25) is 15.0 Å². The number of aliphatic hydroxyl groups is 1. The van der Waals surface area contributed by atoms with E-state index in [1.807, 2.05) is 48.5 Å². The highest BCUT2D eigenvalue weighted by Gasteiger charge is 2.39. The van der Waals surface area contributed by atoms with Crippen molar-refractivity contribution in [3.63, 3.8) is 0 Å². The Morgan fingerprint density at radius 2 is 1.53 bits per heavy atom. The van der Waals surface area contributed by atoms with Crippen LogP contribution in [0.3, 0.4) is 0 Å². The summed E-state index contributed by atoms with van der Waals surface area (Å²) in [6.45, 7) is 6.81. The molecule has 9 nitrogen and oxygen atoms in total. The van der Waals surface area contributed by atoms with Gasteiger partial charge in [0.15, 0.2) is 6.29 Å². The fraction of sp³-hybridized carbons (Fsp3) is 0.333. The molecule has 6 rings (SSSR count). The standard InChI is InChI=1S/C36H40N4O5/c1-25-34(23-38-18-20-39(21-19-38)31-14-16-32(17-15-31)40(42)43)44-36(45-35(25)28-8-6-26(24-41)7-9-28)29-12-10-27(11-13-29)33-5-3-2-4-30(33)22-37/h2-17,25,34-36,41H,18-24,37H2,1H3/t25-,34+,35+,36+/m1/s1. The van der Waals surface area contributed by atoms with E-state index in [9.17, 15) is 15.2 Å². The first-order valence-corrected chi connectivity index (χ1v) is 15.5. The first-order valence-electron chi connectivity index (χ1n) is 15.5. The summed E-state index contributed by atoms with van der Waals surface area (Å²) in [5, 5.41) is 20.6. The van der Waals surface area contributed by atoms with E-state index < -0.39 is 6.29 Å². The third-order valence-corrected chi connectivity index (χ3v) is 9.09. The number of anilines is 1. The molecule has 0 radical (unpaired) electrons. The summed E-state index contributed by atoms with van der Waals surface area (Å²) in [6, 6.07) is 31.3. The molecule has 0 amide bonds. The Labute approximate surface area is 264 Å². The fourth-order valence-corrected chi connectivity index (χ4v) is 6.36. The van der Waals surface area contributed by atoms with E-state index in [0.29, 0.717) is 6.54 Å². The molecular formula is C36H40N4O5. The number of nitrogens with zero attached hydrogens (tertiary/aromatic N) is 3. The molecule has 2 aliphatic heterocycles. The van der Waals surface area contributed by atoms with Crippen molar-refractivity contribution in [3.8, 4) is 11.1 Å². The van der Waals surface area contributed by atoms with E-state index in [1.165, 1.54) is 0 Å². The number of benzene rings is 4. The van der Waals surface area contributed by atoms with Gasteiger partial charge in [-0.2, -0.15) is 0 Å². The van der Waals surface area contributed by atoms with Gasteiger partial charge in [-0.1, -0.05) is 79.7 Å². The van der Waals surface area contributed by atoms with Crippen molar-refractivity contribution in [3.05, 3.63) is 129 Å².